The van der Waals surface area contributed by atoms with Crippen molar-refractivity contribution in [2.75, 3.05) is 18.1 Å². The topological polar surface area (TPSA) is 75.4 Å². The molecular weight excluding hydrogens is 276 g/mol. The summed E-state index contributed by atoms with van der Waals surface area (Å²) in [5.41, 5.74) is 1.11. The molecule has 5 nitrogen and oxygen atoms in total. The van der Waals surface area contributed by atoms with Crippen LogP contribution in [0.1, 0.15) is 30.4 Å². The molecule has 1 saturated heterocycles. The summed E-state index contributed by atoms with van der Waals surface area (Å²) in [4.78, 5) is 12.1. The summed E-state index contributed by atoms with van der Waals surface area (Å²) in [5.74, 6) is 2.24. The normalized spacial score (nSPS) is 23.8. The van der Waals surface area contributed by atoms with Gasteiger partial charge in [-0.05, 0) is 32.4 Å². The fraction of sp³-hybridized carbons (Fsp3) is 0.714. The number of rotatable bonds is 5. The maximum Gasteiger partial charge on any atom is 0.223 e. The van der Waals surface area contributed by atoms with Gasteiger partial charge in [0.25, 0.3) is 0 Å². The summed E-state index contributed by atoms with van der Waals surface area (Å²) >= 11 is 1.73. The van der Waals surface area contributed by atoms with E-state index in [2.05, 4.69) is 10.5 Å². The van der Waals surface area contributed by atoms with Crippen molar-refractivity contribution in [2.24, 2.45) is 5.92 Å². The second-order valence-corrected chi connectivity index (χ2v) is 6.76. The van der Waals surface area contributed by atoms with Crippen LogP contribution in [-0.2, 0) is 11.2 Å². The third-order valence-corrected chi connectivity index (χ3v) is 5.05. The molecular formula is C14H22N2O3S. The summed E-state index contributed by atoms with van der Waals surface area (Å²) in [6.07, 6.45) is 1.36. The van der Waals surface area contributed by atoms with Crippen LogP contribution in [0.15, 0.2) is 4.52 Å². The first kappa shape index (κ1) is 15.4. The lowest BCUT2D eigenvalue weighted by Gasteiger charge is -2.22. The van der Waals surface area contributed by atoms with Gasteiger partial charge >= 0.3 is 0 Å². The Hall–Kier alpha value is -1.01. The number of nitrogens with zero attached hydrogens (tertiary/aromatic N) is 1. The first-order chi connectivity index (χ1) is 9.41. The molecule has 0 radical (unpaired) electrons. The molecule has 0 spiro atoms. The monoisotopic (exact) mass is 298 g/mol. The minimum Gasteiger partial charge on any atom is -0.387 e. The Balaban J connectivity index is 1.86. The van der Waals surface area contributed by atoms with Crippen molar-refractivity contribution >= 4 is 17.7 Å². The van der Waals surface area contributed by atoms with Gasteiger partial charge in [0.05, 0.1) is 11.3 Å². The van der Waals surface area contributed by atoms with Crippen LogP contribution in [0.4, 0.5) is 0 Å². The van der Waals surface area contributed by atoms with E-state index in [1.54, 1.807) is 11.8 Å². The zero-order valence-electron chi connectivity index (χ0n) is 12.2. The maximum absolute atomic E-state index is 12.1. The summed E-state index contributed by atoms with van der Waals surface area (Å²) < 4.78 is 5.11. The van der Waals surface area contributed by atoms with Crippen molar-refractivity contribution in [3.8, 4) is 0 Å². The first-order valence-corrected chi connectivity index (χ1v) is 8.06. The molecule has 6 heteroatoms. The zero-order valence-corrected chi connectivity index (χ0v) is 13.0. The molecule has 1 fully saturated rings. The Morgan fingerprint density at radius 2 is 2.35 bits per heavy atom. The highest BCUT2D eigenvalue weighted by molar-refractivity contribution is 7.99. The lowest BCUT2D eigenvalue weighted by Crippen LogP contribution is -2.44. The van der Waals surface area contributed by atoms with Crippen molar-refractivity contribution in [1.29, 1.82) is 0 Å². The maximum atomic E-state index is 12.1. The smallest absolute Gasteiger partial charge is 0.223 e. The number of amides is 1. The fourth-order valence-corrected chi connectivity index (χ4v) is 3.65. The molecule has 1 aliphatic heterocycles. The van der Waals surface area contributed by atoms with Gasteiger partial charge in [0, 0.05) is 23.8 Å². The van der Waals surface area contributed by atoms with Crippen LogP contribution in [0.25, 0.3) is 0 Å². The van der Waals surface area contributed by atoms with Crippen LogP contribution in [0.3, 0.4) is 0 Å². The van der Waals surface area contributed by atoms with E-state index >= 15 is 0 Å². The molecule has 0 aromatic carbocycles. The summed E-state index contributed by atoms with van der Waals surface area (Å²) in [6.45, 7) is 5.97. The molecule has 0 aliphatic carbocycles. The number of nitrogens with one attached hydrogen (secondary N) is 1. The van der Waals surface area contributed by atoms with Crippen molar-refractivity contribution in [3.63, 3.8) is 0 Å². The SMILES string of the molecule is Cc1noc(C)c1CC(C)C(=O)NCC1(O)CCSC1. The number of thioether (sulfide) groups is 1. The third-order valence-electron chi connectivity index (χ3n) is 3.81. The molecule has 1 amide bonds. The van der Waals surface area contributed by atoms with Crippen LogP contribution in [0.5, 0.6) is 0 Å². The molecule has 1 aliphatic rings. The molecule has 20 heavy (non-hydrogen) atoms. The highest BCUT2D eigenvalue weighted by Crippen LogP contribution is 2.27. The second kappa shape index (κ2) is 6.18. The average molecular weight is 298 g/mol. The van der Waals surface area contributed by atoms with Crippen LogP contribution >= 0.6 is 11.8 Å². The van der Waals surface area contributed by atoms with Crippen LogP contribution in [0.2, 0.25) is 0 Å². The number of aliphatic hydroxyl groups is 1. The van der Waals surface area contributed by atoms with Gasteiger partial charge in [0.15, 0.2) is 0 Å². The van der Waals surface area contributed by atoms with Crippen LogP contribution in [-0.4, -0.2) is 39.8 Å². The summed E-state index contributed by atoms with van der Waals surface area (Å²) in [5, 5.41) is 17.0. The Morgan fingerprint density at radius 3 is 2.90 bits per heavy atom. The van der Waals surface area contributed by atoms with E-state index in [0.717, 1.165) is 29.2 Å². The Morgan fingerprint density at radius 1 is 1.60 bits per heavy atom. The molecule has 2 atom stereocenters. The molecule has 2 heterocycles. The van der Waals surface area contributed by atoms with Crippen molar-refractivity contribution < 1.29 is 14.4 Å². The largest absolute Gasteiger partial charge is 0.387 e. The molecule has 0 bridgehead atoms. The molecule has 112 valence electrons. The first-order valence-electron chi connectivity index (χ1n) is 6.91. The van der Waals surface area contributed by atoms with E-state index in [-0.39, 0.29) is 11.8 Å². The molecule has 0 saturated carbocycles. The number of aryl methyl sites for hydroxylation is 2. The van der Waals surface area contributed by atoms with Crippen molar-refractivity contribution in [1.82, 2.24) is 10.5 Å². The lowest BCUT2D eigenvalue weighted by atomic mass is 9.98. The minimum atomic E-state index is -0.733. The molecule has 2 N–H and O–H groups in total. The standard InChI is InChI=1S/C14H22N2O3S/c1-9(6-12-10(2)16-19-11(12)3)13(17)15-7-14(18)4-5-20-8-14/h9,18H,4-8H2,1-3H3,(H,15,17). The van der Waals surface area contributed by atoms with Gasteiger partial charge in [0.2, 0.25) is 5.91 Å². The molecule has 2 rings (SSSR count). The Labute approximate surface area is 123 Å². The van der Waals surface area contributed by atoms with Gasteiger partial charge in [-0.2, -0.15) is 11.8 Å². The Kier molecular flexibility index (Phi) is 4.75. The number of hydrogen-bond acceptors (Lipinski definition) is 5. The quantitative estimate of drug-likeness (QED) is 0.860. The van der Waals surface area contributed by atoms with Crippen molar-refractivity contribution in [2.45, 2.75) is 39.2 Å². The zero-order chi connectivity index (χ0) is 14.8. The Bertz CT molecular complexity index is 461. The van der Waals surface area contributed by atoms with Gasteiger partial charge < -0.3 is 14.9 Å². The predicted molar refractivity (Wildman–Crippen MR) is 78.7 cm³/mol. The molecule has 2 unspecified atom stereocenters. The van der Waals surface area contributed by atoms with E-state index in [1.165, 1.54) is 0 Å². The minimum absolute atomic E-state index is 0.0321. The van der Waals surface area contributed by atoms with Crippen LogP contribution in [0, 0.1) is 19.8 Å². The van der Waals surface area contributed by atoms with Crippen molar-refractivity contribution in [3.05, 3.63) is 17.0 Å². The molecule has 1 aromatic rings. The average Bonchev–Trinajstić information content (AvgIpc) is 2.97. The lowest BCUT2D eigenvalue weighted by molar-refractivity contribution is -0.125. The van der Waals surface area contributed by atoms with Gasteiger partial charge in [-0.1, -0.05) is 12.1 Å². The van der Waals surface area contributed by atoms with E-state index < -0.39 is 5.60 Å². The van der Waals surface area contributed by atoms with Gasteiger partial charge in [-0.15, -0.1) is 0 Å². The van der Waals surface area contributed by atoms with Gasteiger partial charge in [-0.25, -0.2) is 0 Å². The second-order valence-electron chi connectivity index (χ2n) is 5.65. The van der Waals surface area contributed by atoms with E-state index in [0.29, 0.717) is 18.7 Å². The predicted octanol–water partition coefficient (Wildman–Crippen LogP) is 1.45. The number of aromatic nitrogens is 1. The number of hydrogen-bond donors (Lipinski definition) is 2. The highest BCUT2D eigenvalue weighted by atomic mass is 32.2. The van der Waals surface area contributed by atoms with E-state index in [1.807, 2.05) is 20.8 Å². The third kappa shape index (κ3) is 3.55. The van der Waals surface area contributed by atoms with E-state index in [4.69, 9.17) is 4.52 Å². The summed E-state index contributed by atoms with van der Waals surface area (Å²) in [7, 11) is 0. The summed E-state index contributed by atoms with van der Waals surface area (Å²) in [6, 6.07) is 0. The fourth-order valence-electron chi connectivity index (χ4n) is 2.35. The van der Waals surface area contributed by atoms with Gasteiger partial charge in [-0.3, -0.25) is 4.79 Å². The van der Waals surface area contributed by atoms with E-state index in [9.17, 15) is 9.90 Å². The van der Waals surface area contributed by atoms with Gasteiger partial charge in [0.1, 0.15) is 5.76 Å². The highest BCUT2D eigenvalue weighted by Gasteiger charge is 2.32. The number of carbonyl (C=O) groups excluding carboxylic acids is 1. The number of carbonyl (C=O) groups is 1. The molecule has 1 aromatic heterocycles. The van der Waals surface area contributed by atoms with Crippen LogP contribution < -0.4 is 5.32 Å².